The molecule has 0 fully saturated rings. The minimum absolute atomic E-state index is 0.362. The normalized spacial score (nSPS) is 15.6. The summed E-state index contributed by atoms with van der Waals surface area (Å²) in [7, 11) is 5.41. The second kappa shape index (κ2) is 9.06. The average molecular weight is 220 g/mol. The molecule has 5 nitrogen and oxygen atoms in total. The summed E-state index contributed by atoms with van der Waals surface area (Å²) in [6, 6.07) is 0. The SMILES string of the molecule is COCC(O)CCNCC(O)CN(C)C. The predicted molar refractivity (Wildman–Crippen MR) is 59.9 cm³/mol. The summed E-state index contributed by atoms with van der Waals surface area (Å²) >= 11 is 0. The first-order chi connectivity index (χ1) is 7.06. The number of nitrogens with one attached hydrogen (secondary N) is 1. The minimum Gasteiger partial charge on any atom is -0.391 e. The van der Waals surface area contributed by atoms with Gasteiger partial charge in [-0.3, -0.25) is 0 Å². The molecule has 0 rings (SSSR count). The van der Waals surface area contributed by atoms with Gasteiger partial charge in [0.25, 0.3) is 0 Å². The molecular formula is C10H24N2O3. The van der Waals surface area contributed by atoms with E-state index in [4.69, 9.17) is 4.74 Å². The highest BCUT2D eigenvalue weighted by Gasteiger charge is 2.06. The van der Waals surface area contributed by atoms with Gasteiger partial charge in [-0.25, -0.2) is 0 Å². The lowest BCUT2D eigenvalue weighted by molar-refractivity contribution is 0.0583. The van der Waals surface area contributed by atoms with Gasteiger partial charge in [0.1, 0.15) is 0 Å². The second-order valence-electron chi connectivity index (χ2n) is 4.02. The zero-order valence-corrected chi connectivity index (χ0v) is 9.94. The number of nitrogens with zero attached hydrogens (tertiary/aromatic N) is 1. The maximum Gasteiger partial charge on any atom is 0.0791 e. The van der Waals surface area contributed by atoms with E-state index in [1.165, 1.54) is 0 Å². The Hall–Kier alpha value is -0.200. The van der Waals surface area contributed by atoms with E-state index in [1.54, 1.807) is 7.11 Å². The first-order valence-electron chi connectivity index (χ1n) is 5.26. The highest BCUT2D eigenvalue weighted by atomic mass is 16.5. The van der Waals surface area contributed by atoms with Crippen molar-refractivity contribution in [3.05, 3.63) is 0 Å². The van der Waals surface area contributed by atoms with Crippen LogP contribution in [0.5, 0.6) is 0 Å². The molecule has 0 aromatic heterocycles. The Morgan fingerprint density at radius 3 is 2.47 bits per heavy atom. The fourth-order valence-corrected chi connectivity index (χ4v) is 1.30. The first-order valence-corrected chi connectivity index (χ1v) is 5.26. The molecular weight excluding hydrogens is 196 g/mol. The molecule has 0 saturated heterocycles. The third-order valence-corrected chi connectivity index (χ3v) is 1.97. The lowest BCUT2D eigenvalue weighted by atomic mass is 10.2. The van der Waals surface area contributed by atoms with Crippen molar-refractivity contribution in [1.82, 2.24) is 10.2 Å². The van der Waals surface area contributed by atoms with Crippen molar-refractivity contribution in [3.8, 4) is 0 Å². The van der Waals surface area contributed by atoms with Crippen molar-refractivity contribution in [2.24, 2.45) is 0 Å². The summed E-state index contributed by atoms with van der Waals surface area (Å²) in [5, 5.41) is 21.9. The molecule has 92 valence electrons. The maximum absolute atomic E-state index is 9.50. The van der Waals surface area contributed by atoms with E-state index in [0.29, 0.717) is 32.7 Å². The Morgan fingerprint density at radius 2 is 1.93 bits per heavy atom. The molecule has 2 atom stereocenters. The van der Waals surface area contributed by atoms with E-state index >= 15 is 0 Å². The van der Waals surface area contributed by atoms with Gasteiger partial charge in [0, 0.05) is 20.2 Å². The molecule has 5 heteroatoms. The molecule has 0 aliphatic heterocycles. The molecule has 0 aromatic carbocycles. The topological polar surface area (TPSA) is 65.0 Å². The molecule has 0 spiro atoms. The number of hydrogen-bond acceptors (Lipinski definition) is 5. The fraction of sp³-hybridized carbons (Fsp3) is 1.00. The lowest BCUT2D eigenvalue weighted by Gasteiger charge is -2.17. The number of ether oxygens (including phenoxy) is 1. The van der Waals surface area contributed by atoms with Crippen LogP contribution >= 0.6 is 0 Å². The third-order valence-electron chi connectivity index (χ3n) is 1.97. The minimum atomic E-state index is -0.423. The summed E-state index contributed by atoms with van der Waals surface area (Å²) in [6.07, 6.45) is -0.143. The summed E-state index contributed by atoms with van der Waals surface area (Å²) in [5.74, 6) is 0. The standard InChI is InChI=1S/C10H24N2O3/c1-12(2)7-10(14)6-11-5-4-9(13)8-15-3/h9-11,13-14H,4-8H2,1-3H3. The van der Waals surface area contributed by atoms with Crippen LogP contribution in [0.2, 0.25) is 0 Å². The zero-order valence-electron chi connectivity index (χ0n) is 9.94. The van der Waals surface area contributed by atoms with Crippen molar-refractivity contribution in [2.45, 2.75) is 18.6 Å². The molecule has 0 saturated carbocycles. The Bertz CT molecular complexity index is 145. The van der Waals surface area contributed by atoms with Crippen molar-refractivity contribution in [2.75, 3.05) is 47.4 Å². The number of rotatable bonds is 9. The van der Waals surface area contributed by atoms with Crippen molar-refractivity contribution in [3.63, 3.8) is 0 Å². The zero-order chi connectivity index (χ0) is 11.7. The Morgan fingerprint density at radius 1 is 1.27 bits per heavy atom. The molecule has 2 unspecified atom stereocenters. The smallest absolute Gasteiger partial charge is 0.0791 e. The summed E-state index contributed by atoms with van der Waals surface area (Å²) in [6.45, 7) is 2.25. The van der Waals surface area contributed by atoms with Gasteiger partial charge < -0.3 is 25.2 Å². The van der Waals surface area contributed by atoms with Crippen LogP contribution in [0.3, 0.4) is 0 Å². The van der Waals surface area contributed by atoms with E-state index in [2.05, 4.69) is 5.32 Å². The predicted octanol–water partition coefficient (Wildman–Crippen LogP) is -1.10. The second-order valence-corrected chi connectivity index (χ2v) is 4.02. The molecule has 0 aliphatic rings. The highest BCUT2D eigenvalue weighted by molar-refractivity contribution is 4.63. The third kappa shape index (κ3) is 10.1. The molecule has 0 radical (unpaired) electrons. The van der Waals surface area contributed by atoms with Crippen LogP contribution in [0.4, 0.5) is 0 Å². The number of aliphatic hydroxyl groups excluding tert-OH is 2. The van der Waals surface area contributed by atoms with Crippen LogP contribution in [0.1, 0.15) is 6.42 Å². The molecule has 0 aromatic rings. The number of aliphatic hydroxyl groups is 2. The quantitative estimate of drug-likeness (QED) is 0.430. The van der Waals surface area contributed by atoms with Crippen LogP contribution in [-0.4, -0.2) is 74.8 Å². The highest BCUT2D eigenvalue weighted by Crippen LogP contribution is 1.90. The summed E-state index contributed by atoms with van der Waals surface area (Å²) in [5.41, 5.74) is 0. The molecule has 0 aliphatic carbocycles. The van der Waals surface area contributed by atoms with Crippen molar-refractivity contribution in [1.29, 1.82) is 0 Å². The van der Waals surface area contributed by atoms with Gasteiger partial charge in [-0.1, -0.05) is 0 Å². The number of hydrogen-bond donors (Lipinski definition) is 3. The van der Waals surface area contributed by atoms with E-state index in [1.807, 2.05) is 19.0 Å². The molecule has 3 N–H and O–H groups in total. The first kappa shape index (κ1) is 14.8. The van der Waals surface area contributed by atoms with Gasteiger partial charge in [0.2, 0.25) is 0 Å². The van der Waals surface area contributed by atoms with E-state index in [0.717, 1.165) is 0 Å². The van der Waals surface area contributed by atoms with Crippen LogP contribution < -0.4 is 5.32 Å². The fourth-order valence-electron chi connectivity index (χ4n) is 1.30. The van der Waals surface area contributed by atoms with E-state index < -0.39 is 6.10 Å². The molecule has 15 heavy (non-hydrogen) atoms. The summed E-state index contributed by atoms with van der Waals surface area (Å²) in [4.78, 5) is 1.94. The van der Waals surface area contributed by atoms with Gasteiger partial charge in [-0.15, -0.1) is 0 Å². The average Bonchev–Trinajstić information content (AvgIpc) is 2.12. The van der Waals surface area contributed by atoms with E-state index in [-0.39, 0.29) is 6.10 Å². The van der Waals surface area contributed by atoms with Gasteiger partial charge >= 0.3 is 0 Å². The van der Waals surface area contributed by atoms with Gasteiger partial charge in [0.05, 0.1) is 18.8 Å². The Kier molecular flexibility index (Phi) is 8.94. The van der Waals surface area contributed by atoms with Gasteiger partial charge in [-0.2, -0.15) is 0 Å². The summed E-state index contributed by atoms with van der Waals surface area (Å²) < 4.78 is 4.80. The lowest BCUT2D eigenvalue weighted by Crippen LogP contribution is -2.36. The monoisotopic (exact) mass is 220 g/mol. The van der Waals surface area contributed by atoms with Crippen LogP contribution in [-0.2, 0) is 4.74 Å². The Labute approximate surface area is 92.0 Å². The molecule has 0 bridgehead atoms. The maximum atomic E-state index is 9.50. The van der Waals surface area contributed by atoms with Gasteiger partial charge in [0.15, 0.2) is 0 Å². The number of likely N-dealkylation sites (N-methyl/N-ethyl adjacent to an activating group) is 1. The van der Waals surface area contributed by atoms with E-state index in [9.17, 15) is 10.2 Å². The van der Waals surface area contributed by atoms with Crippen molar-refractivity contribution >= 4 is 0 Å². The number of methoxy groups -OCH3 is 1. The van der Waals surface area contributed by atoms with Gasteiger partial charge in [-0.05, 0) is 27.1 Å². The molecule has 0 heterocycles. The van der Waals surface area contributed by atoms with Crippen LogP contribution in [0, 0.1) is 0 Å². The Balaban J connectivity index is 3.30. The van der Waals surface area contributed by atoms with Crippen molar-refractivity contribution < 1.29 is 14.9 Å². The van der Waals surface area contributed by atoms with Crippen LogP contribution in [0.25, 0.3) is 0 Å². The largest absolute Gasteiger partial charge is 0.391 e. The van der Waals surface area contributed by atoms with Crippen LogP contribution in [0.15, 0.2) is 0 Å². The molecule has 0 amide bonds.